The van der Waals surface area contributed by atoms with E-state index in [1.807, 2.05) is 0 Å². The lowest BCUT2D eigenvalue weighted by atomic mass is 10.1. The van der Waals surface area contributed by atoms with Crippen molar-refractivity contribution in [1.82, 2.24) is 0 Å². The van der Waals surface area contributed by atoms with Crippen LogP contribution in [-0.4, -0.2) is 21.8 Å². The van der Waals surface area contributed by atoms with Crippen LogP contribution in [0.4, 0.5) is 0 Å². The van der Waals surface area contributed by atoms with Crippen molar-refractivity contribution in [2.45, 2.75) is 5.75 Å². The van der Waals surface area contributed by atoms with E-state index in [9.17, 15) is 13.6 Å². The maximum Gasteiger partial charge on any atom is 0.337 e. The second-order valence-corrected chi connectivity index (χ2v) is 3.54. The summed E-state index contributed by atoms with van der Waals surface area (Å²) in [5.41, 5.74) is 0.927. The Labute approximate surface area is 84.2 Å². The number of benzene rings is 1. The number of carbonyl (C=O) groups is 1. The molecule has 0 aliphatic heterocycles. The average Bonchev–Trinajstić information content (AvgIpc) is 2.16. The van der Waals surface area contributed by atoms with E-state index < -0.39 is 17.0 Å². The quantitative estimate of drug-likeness (QED) is 0.551. The summed E-state index contributed by atoms with van der Waals surface area (Å²) >= 11 is -2.14. The van der Waals surface area contributed by atoms with Gasteiger partial charge in [-0.15, -0.1) is 0 Å². The van der Waals surface area contributed by atoms with Crippen molar-refractivity contribution < 1.29 is 18.3 Å². The van der Waals surface area contributed by atoms with E-state index in [0.717, 1.165) is 0 Å². The van der Waals surface area contributed by atoms with Crippen molar-refractivity contribution in [2.75, 3.05) is 7.11 Å². The standard InChI is InChI=1S/C9H10O4S/c1-13-9(10)8-4-2-3-7(5-8)6-14(11)12/h2-5H,6H2,1H3,(H,11,12)/p-1. The van der Waals surface area contributed by atoms with Gasteiger partial charge in [0.1, 0.15) is 0 Å². The lowest BCUT2D eigenvalue weighted by Gasteiger charge is -2.06. The fourth-order valence-electron chi connectivity index (χ4n) is 1.04. The van der Waals surface area contributed by atoms with Gasteiger partial charge in [0.2, 0.25) is 0 Å². The Morgan fingerprint density at radius 2 is 2.29 bits per heavy atom. The third-order valence-electron chi connectivity index (χ3n) is 1.63. The van der Waals surface area contributed by atoms with Gasteiger partial charge in [-0.3, -0.25) is 4.21 Å². The zero-order valence-corrected chi connectivity index (χ0v) is 8.37. The fraction of sp³-hybridized carbons (Fsp3) is 0.222. The molecule has 0 saturated carbocycles. The molecule has 0 saturated heterocycles. The fourth-order valence-corrected chi connectivity index (χ4v) is 1.49. The van der Waals surface area contributed by atoms with Crippen LogP contribution >= 0.6 is 0 Å². The highest BCUT2D eigenvalue weighted by Gasteiger charge is 2.04. The first-order chi connectivity index (χ1) is 6.63. The normalized spacial score (nSPS) is 12.1. The molecular weight excluding hydrogens is 204 g/mol. The zero-order chi connectivity index (χ0) is 10.6. The number of methoxy groups -OCH3 is 1. The predicted octanol–water partition coefficient (Wildman–Crippen LogP) is 0.852. The van der Waals surface area contributed by atoms with Gasteiger partial charge in [-0.25, -0.2) is 4.79 Å². The molecular formula is C9H9O4S-. The minimum absolute atomic E-state index is 0.0924. The Balaban J connectivity index is 2.89. The molecule has 1 rings (SSSR count). The average molecular weight is 213 g/mol. The zero-order valence-electron chi connectivity index (χ0n) is 7.56. The first kappa shape index (κ1) is 10.9. The highest BCUT2D eigenvalue weighted by molar-refractivity contribution is 7.78. The van der Waals surface area contributed by atoms with Crippen LogP contribution < -0.4 is 0 Å². The van der Waals surface area contributed by atoms with E-state index in [0.29, 0.717) is 11.1 Å². The largest absolute Gasteiger partial charge is 0.772 e. The van der Waals surface area contributed by atoms with Crippen LogP contribution in [0.5, 0.6) is 0 Å². The Morgan fingerprint density at radius 1 is 1.57 bits per heavy atom. The van der Waals surface area contributed by atoms with E-state index in [1.165, 1.54) is 13.2 Å². The molecule has 1 unspecified atom stereocenters. The molecule has 0 aliphatic rings. The van der Waals surface area contributed by atoms with Gasteiger partial charge in [0.05, 0.1) is 12.7 Å². The Kier molecular flexibility index (Phi) is 3.79. The second-order valence-electron chi connectivity index (χ2n) is 2.64. The summed E-state index contributed by atoms with van der Waals surface area (Å²) in [6.45, 7) is 0. The Morgan fingerprint density at radius 3 is 2.86 bits per heavy atom. The minimum atomic E-state index is -2.14. The van der Waals surface area contributed by atoms with Gasteiger partial charge in [0.15, 0.2) is 0 Å². The van der Waals surface area contributed by atoms with Crippen molar-refractivity contribution >= 4 is 17.0 Å². The SMILES string of the molecule is COC(=O)c1cccc(CS(=O)[O-])c1. The summed E-state index contributed by atoms with van der Waals surface area (Å²) in [4.78, 5) is 11.1. The Bertz CT molecular complexity index is 362. The molecule has 0 aromatic heterocycles. The number of rotatable bonds is 3. The third-order valence-corrected chi connectivity index (χ3v) is 2.20. The van der Waals surface area contributed by atoms with Crippen LogP contribution in [0.25, 0.3) is 0 Å². The van der Waals surface area contributed by atoms with Crippen molar-refractivity contribution in [3.8, 4) is 0 Å². The van der Waals surface area contributed by atoms with Crippen molar-refractivity contribution in [1.29, 1.82) is 0 Å². The molecule has 14 heavy (non-hydrogen) atoms. The van der Waals surface area contributed by atoms with E-state index in [4.69, 9.17) is 0 Å². The molecule has 76 valence electrons. The minimum Gasteiger partial charge on any atom is -0.772 e. The lowest BCUT2D eigenvalue weighted by Crippen LogP contribution is -2.02. The highest BCUT2D eigenvalue weighted by atomic mass is 32.2. The molecule has 0 aliphatic carbocycles. The molecule has 0 fully saturated rings. The van der Waals surface area contributed by atoms with Gasteiger partial charge >= 0.3 is 5.97 Å². The summed E-state index contributed by atoms with van der Waals surface area (Å²) < 4.78 is 25.3. The topological polar surface area (TPSA) is 66.4 Å². The highest BCUT2D eigenvalue weighted by Crippen LogP contribution is 2.08. The van der Waals surface area contributed by atoms with Gasteiger partial charge in [-0.2, -0.15) is 0 Å². The number of esters is 1. The monoisotopic (exact) mass is 213 g/mol. The molecule has 1 aromatic rings. The van der Waals surface area contributed by atoms with Gasteiger partial charge < -0.3 is 9.29 Å². The molecule has 4 nitrogen and oxygen atoms in total. The Hall–Kier alpha value is -1.20. The van der Waals surface area contributed by atoms with Crippen LogP contribution in [-0.2, 0) is 21.6 Å². The van der Waals surface area contributed by atoms with Crippen LogP contribution in [0.3, 0.4) is 0 Å². The van der Waals surface area contributed by atoms with Crippen LogP contribution in [0.1, 0.15) is 15.9 Å². The third kappa shape index (κ3) is 2.93. The number of ether oxygens (including phenoxy) is 1. The van der Waals surface area contributed by atoms with E-state index in [2.05, 4.69) is 4.74 Å². The van der Waals surface area contributed by atoms with Gasteiger partial charge in [-0.05, 0) is 17.7 Å². The van der Waals surface area contributed by atoms with Gasteiger partial charge in [-0.1, -0.05) is 23.2 Å². The first-order valence-electron chi connectivity index (χ1n) is 3.86. The predicted molar refractivity (Wildman–Crippen MR) is 50.4 cm³/mol. The molecule has 0 radical (unpaired) electrons. The number of hydrogen-bond donors (Lipinski definition) is 0. The van der Waals surface area contributed by atoms with Crippen LogP contribution in [0.2, 0.25) is 0 Å². The van der Waals surface area contributed by atoms with Crippen molar-refractivity contribution in [2.24, 2.45) is 0 Å². The van der Waals surface area contributed by atoms with Crippen LogP contribution in [0, 0.1) is 0 Å². The first-order valence-corrected chi connectivity index (χ1v) is 5.11. The van der Waals surface area contributed by atoms with E-state index in [1.54, 1.807) is 18.2 Å². The van der Waals surface area contributed by atoms with E-state index in [-0.39, 0.29) is 5.75 Å². The summed E-state index contributed by atoms with van der Waals surface area (Å²) in [5.74, 6) is -0.561. The summed E-state index contributed by atoms with van der Waals surface area (Å²) in [6, 6.07) is 6.33. The second kappa shape index (κ2) is 4.88. The molecule has 0 heterocycles. The smallest absolute Gasteiger partial charge is 0.337 e. The van der Waals surface area contributed by atoms with Crippen molar-refractivity contribution in [3.63, 3.8) is 0 Å². The molecule has 0 spiro atoms. The van der Waals surface area contributed by atoms with E-state index >= 15 is 0 Å². The van der Waals surface area contributed by atoms with Gasteiger partial charge in [0, 0.05) is 5.75 Å². The summed E-state index contributed by atoms with van der Waals surface area (Å²) in [7, 11) is 1.28. The number of hydrogen-bond acceptors (Lipinski definition) is 4. The number of carbonyl (C=O) groups excluding carboxylic acids is 1. The maximum atomic E-state index is 11.1. The van der Waals surface area contributed by atoms with Crippen molar-refractivity contribution in [3.05, 3.63) is 35.4 Å². The van der Waals surface area contributed by atoms with Gasteiger partial charge in [0.25, 0.3) is 0 Å². The summed E-state index contributed by atoms with van der Waals surface area (Å²) in [6.07, 6.45) is 0. The lowest BCUT2D eigenvalue weighted by molar-refractivity contribution is 0.0600. The molecule has 1 aromatic carbocycles. The summed E-state index contributed by atoms with van der Waals surface area (Å²) in [5, 5.41) is 0. The molecule has 0 amide bonds. The molecule has 0 bridgehead atoms. The molecule has 1 atom stereocenters. The molecule has 0 N–H and O–H groups in total. The van der Waals surface area contributed by atoms with Crippen LogP contribution in [0.15, 0.2) is 24.3 Å². The molecule has 5 heteroatoms. The maximum absolute atomic E-state index is 11.1.